The second-order valence-corrected chi connectivity index (χ2v) is 5.28. The van der Waals surface area contributed by atoms with E-state index in [2.05, 4.69) is 15.9 Å². The van der Waals surface area contributed by atoms with Crippen LogP contribution in [-0.2, 0) is 4.74 Å². The second-order valence-electron chi connectivity index (χ2n) is 3.37. The Balaban J connectivity index is 2.34. The van der Waals surface area contributed by atoms with Crippen LogP contribution in [0.15, 0.2) is 40.9 Å². The second kappa shape index (κ2) is 5.47. The molecule has 1 aromatic heterocycles. The molecule has 0 aliphatic rings. The van der Waals surface area contributed by atoms with Crippen molar-refractivity contribution in [2.24, 2.45) is 0 Å². The predicted octanol–water partition coefficient (Wildman–Crippen LogP) is 4.35. The first-order valence-corrected chi connectivity index (χ1v) is 6.85. The van der Waals surface area contributed by atoms with Gasteiger partial charge in [-0.25, -0.2) is 4.79 Å². The fraction of sp³-hybridized carbons (Fsp3) is 0.154. The summed E-state index contributed by atoms with van der Waals surface area (Å²) in [4.78, 5) is 13.3. The van der Waals surface area contributed by atoms with Gasteiger partial charge in [-0.3, -0.25) is 0 Å². The normalized spacial score (nSPS) is 10.2. The van der Waals surface area contributed by atoms with Crippen LogP contribution in [0, 0.1) is 0 Å². The maximum Gasteiger partial charge on any atom is 0.349 e. The van der Waals surface area contributed by atoms with Gasteiger partial charge in [0.15, 0.2) is 0 Å². The van der Waals surface area contributed by atoms with E-state index in [4.69, 9.17) is 4.74 Å². The summed E-state index contributed by atoms with van der Waals surface area (Å²) in [5.74, 6) is -0.272. The van der Waals surface area contributed by atoms with E-state index in [1.54, 1.807) is 6.92 Å². The van der Waals surface area contributed by atoms with E-state index in [-0.39, 0.29) is 5.97 Å². The highest BCUT2D eigenvalue weighted by Crippen LogP contribution is 2.34. The van der Waals surface area contributed by atoms with Crippen molar-refractivity contribution in [1.29, 1.82) is 0 Å². The Morgan fingerprint density at radius 3 is 2.71 bits per heavy atom. The fourth-order valence-corrected chi connectivity index (χ4v) is 3.18. The Morgan fingerprint density at radius 2 is 2.06 bits per heavy atom. The average molecular weight is 311 g/mol. The van der Waals surface area contributed by atoms with Gasteiger partial charge < -0.3 is 4.74 Å². The molecular weight excluding hydrogens is 300 g/mol. The third kappa shape index (κ3) is 2.76. The molecule has 0 fully saturated rings. The summed E-state index contributed by atoms with van der Waals surface area (Å²) in [5.41, 5.74) is 1.11. The van der Waals surface area contributed by atoms with Crippen molar-refractivity contribution in [2.45, 2.75) is 6.92 Å². The molecule has 0 aliphatic carbocycles. The van der Waals surface area contributed by atoms with E-state index in [0.29, 0.717) is 11.5 Å². The quantitative estimate of drug-likeness (QED) is 0.788. The minimum atomic E-state index is -0.272. The number of carbonyl (C=O) groups excluding carboxylic acids is 1. The van der Waals surface area contributed by atoms with Gasteiger partial charge in [0.25, 0.3) is 0 Å². The fourth-order valence-electron chi connectivity index (χ4n) is 1.45. The maximum atomic E-state index is 11.7. The minimum Gasteiger partial charge on any atom is -0.462 e. The van der Waals surface area contributed by atoms with Gasteiger partial charge in [0.05, 0.1) is 6.61 Å². The van der Waals surface area contributed by atoms with Crippen LogP contribution >= 0.6 is 27.3 Å². The Kier molecular flexibility index (Phi) is 3.97. The zero-order valence-electron chi connectivity index (χ0n) is 9.27. The molecule has 1 aromatic carbocycles. The Labute approximate surface area is 112 Å². The number of benzene rings is 1. The number of hydrogen-bond acceptors (Lipinski definition) is 3. The number of halogens is 1. The molecule has 0 unspecified atom stereocenters. The number of esters is 1. The highest BCUT2D eigenvalue weighted by Gasteiger charge is 2.16. The molecule has 0 N–H and O–H groups in total. The zero-order valence-corrected chi connectivity index (χ0v) is 11.7. The first-order valence-electron chi connectivity index (χ1n) is 5.24. The molecule has 2 nitrogen and oxygen atoms in total. The van der Waals surface area contributed by atoms with Crippen LogP contribution in [0.1, 0.15) is 16.6 Å². The lowest BCUT2D eigenvalue weighted by Crippen LogP contribution is -2.02. The van der Waals surface area contributed by atoms with Crippen molar-refractivity contribution in [3.05, 3.63) is 45.7 Å². The zero-order chi connectivity index (χ0) is 12.3. The van der Waals surface area contributed by atoms with Gasteiger partial charge in [-0.1, -0.05) is 30.3 Å². The average Bonchev–Trinajstić information content (AvgIpc) is 2.73. The van der Waals surface area contributed by atoms with Gasteiger partial charge in [-0.05, 0) is 34.5 Å². The van der Waals surface area contributed by atoms with Crippen LogP contribution in [-0.4, -0.2) is 12.6 Å². The first kappa shape index (κ1) is 12.3. The topological polar surface area (TPSA) is 26.3 Å². The molecular formula is C13H11BrO2S. The van der Waals surface area contributed by atoms with Crippen LogP contribution in [0.5, 0.6) is 0 Å². The summed E-state index contributed by atoms with van der Waals surface area (Å²) in [5, 5.41) is 0. The monoisotopic (exact) mass is 310 g/mol. The van der Waals surface area contributed by atoms with E-state index in [1.165, 1.54) is 11.3 Å². The molecule has 0 bridgehead atoms. The van der Waals surface area contributed by atoms with E-state index < -0.39 is 0 Å². The number of rotatable bonds is 3. The van der Waals surface area contributed by atoms with Crippen molar-refractivity contribution in [1.82, 2.24) is 0 Å². The van der Waals surface area contributed by atoms with E-state index in [9.17, 15) is 4.79 Å². The molecule has 0 saturated carbocycles. The molecule has 1 heterocycles. The van der Waals surface area contributed by atoms with Crippen molar-refractivity contribution in [3.63, 3.8) is 0 Å². The van der Waals surface area contributed by atoms with Gasteiger partial charge in [-0.2, -0.15) is 0 Å². The van der Waals surface area contributed by atoms with Crippen molar-refractivity contribution in [2.75, 3.05) is 6.61 Å². The van der Waals surface area contributed by atoms with E-state index in [0.717, 1.165) is 14.9 Å². The third-order valence-corrected chi connectivity index (χ3v) is 4.26. The van der Waals surface area contributed by atoms with Gasteiger partial charge in [-0.15, -0.1) is 11.3 Å². The van der Waals surface area contributed by atoms with Crippen molar-refractivity contribution >= 4 is 33.2 Å². The highest BCUT2D eigenvalue weighted by molar-refractivity contribution is 9.10. The summed E-state index contributed by atoms with van der Waals surface area (Å²) in [7, 11) is 0. The van der Waals surface area contributed by atoms with Crippen LogP contribution in [0.4, 0.5) is 0 Å². The maximum absolute atomic E-state index is 11.7. The number of carbonyl (C=O) groups is 1. The summed E-state index contributed by atoms with van der Waals surface area (Å²) >= 11 is 4.83. The van der Waals surface area contributed by atoms with Crippen molar-refractivity contribution < 1.29 is 9.53 Å². The van der Waals surface area contributed by atoms with Gasteiger partial charge in [0.1, 0.15) is 4.88 Å². The SMILES string of the molecule is CCOC(=O)c1sc(-c2ccccc2)cc1Br. The first-order chi connectivity index (χ1) is 8.22. The predicted molar refractivity (Wildman–Crippen MR) is 73.4 cm³/mol. The number of ether oxygens (including phenoxy) is 1. The lowest BCUT2D eigenvalue weighted by atomic mass is 10.2. The molecule has 0 amide bonds. The third-order valence-electron chi connectivity index (χ3n) is 2.21. The van der Waals surface area contributed by atoms with Crippen LogP contribution in [0.25, 0.3) is 10.4 Å². The molecule has 0 saturated heterocycles. The van der Waals surface area contributed by atoms with E-state index >= 15 is 0 Å². The molecule has 2 aromatic rings. The summed E-state index contributed by atoms with van der Waals surface area (Å²) in [6, 6.07) is 11.9. The molecule has 0 atom stereocenters. The van der Waals surface area contributed by atoms with Crippen LogP contribution < -0.4 is 0 Å². The Bertz CT molecular complexity index is 519. The molecule has 0 radical (unpaired) electrons. The van der Waals surface area contributed by atoms with Crippen LogP contribution in [0.3, 0.4) is 0 Å². The lowest BCUT2D eigenvalue weighted by molar-refractivity contribution is 0.0531. The van der Waals surface area contributed by atoms with Gasteiger partial charge >= 0.3 is 5.97 Å². The van der Waals surface area contributed by atoms with Gasteiger partial charge in [0.2, 0.25) is 0 Å². The standard InChI is InChI=1S/C13H11BrO2S/c1-2-16-13(15)12-10(14)8-11(17-12)9-6-4-3-5-7-9/h3-8H,2H2,1H3. The molecule has 4 heteroatoms. The minimum absolute atomic E-state index is 0.272. The largest absolute Gasteiger partial charge is 0.462 e. The molecule has 0 aliphatic heterocycles. The lowest BCUT2D eigenvalue weighted by Gasteiger charge is -1.98. The Morgan fingerprint density at radius 1 is 1.35 bits per heavy atom. The highest BCUT2D eigenvalue weighted by atomic mass is 79.9. The van der Waals surface area contributed by atoms with Gasteiger partial charge in [0, 0.05) is 9.35 Å². The summed E-state index contributed by atoms with van der Waals surface area (Å²) in [6.45, 7) is 2.20. The molecule has 2 rings (SSSR count). The smallest absolute Gasteiger partial charge is 0.349 e. The summed E-state index contributed by atoms with van der Waals surface area (Å²) < 4.78 is 5.79. The van der Waals surface area contributed by atoms with Crippen molar-refractivity contribution in [3.8, 4) is 10.4 Å². The molecule has 0 spiro atoms. The van der Waals surface area contributed by atoms with Crippen LogP contribution in [0.2, 0.25) is 0 Å². The number of hydrogen-bond donors (Lipinski definition) is 0. The summed E-state index contributed by atoms with van der Waals surface area (Å²) in [6.07, 6.45) is 0. The molecule has 17 heavy (non-hydrogen) atoms. The molecule has 88 valence electrons. The Hall–Kier alpha value is -1.13. The number of thiophene rings is 1. The van der Waals surface area contributed by atoms with E-state index in [1.807, 2.05) is 36.4 Å².